The quantitative estimate of drug-likeness (QED) is 0.131. The van der Waals surface area contributed by atoms with E-state index in [1.165, 1.54) is 0 Å². The predicted molar refractivity (Wildman–Crippen MR) is 268 cm³/mol. The van der Waals surface area contributed by atoms with Crippen molar-refractivity contribution in [2.75, 3.05) is 0 Å². The number of phenols is 1. The number of fused-ring (bicyclic) bond motifs is 1. The summed E-state index contributed by atoms with van der Waals surface area (Å²) in [6.45, 7) is 14.6. The molecule has 0 spiro atoms. The monoisotopic (exact) mass is 1030 g/mol. The second-order valence-corrected chi connectivity index (χ2v) is 17.5. The van der Waals surface area contributed by atoms with Gasteiger partial charge >= 0.3 is 0 Å². The van der Waals surface area contributed by atoms with Crippen LogP contribution in [0.5, 0.6) is 5.75 Å². The Balaban J connectivity index is 0.00000642. The molecule has 328 valence electrons. The molecule has 0 aliphatic heterocycles. The number of benzene rings is 7. The van der Waals surface area contributed by atoms with Crippen molar-refractivity contribution in [3.63, 3.8) is 0 Å². The molecule has 0 unspecified atom stereocenters. The Kier molecular flexibility index (Phi) is 11.8. The third kappa shape index (κ3) is 8.90. The van der Waals surface area contributed by atoms with Crippen LogP contribution in [0.3, 0.4) is 0 Å². The largest absolute Gasteiger partial charge is 0.507 e. The molecule has 2 heterocycles. The Hall–Kier alpha value is -6.35. The zero-order valence-electron chi connectivity index (χ0n) is 42.2. The van der Waals surface area contributed by atoms with Crippen LogP contribution in [0.2, 0.25) is 0 Å². The Labute approximate surface area is 405 Å². The van der Waals surface area contributed by atoms with Crippen molar-refractivity contribution in [1.29, 1.82) is 0 Å². The van der Waals surface area contributed by atoms with Crippen LogP contribution < -0.4 is 0 Å². The van der Waals surface area contributed by atoms with Gasteiger partial charge < -0.3 is 5.11 Å². The molecule has 0 atom stereocenters. The van der Waals surface area contributed by atoms with Gasteiger partial charge in [-0.1, -0.05) is 187 Å². The normalized spacial score (nSPS) is 13.1. The number of imidazole rings is 1. The molecule has 0 amide bonds. The van der Waals surface area contributed by atoms with E-state index in [1.807, 2.05) is 155 Å². The minimum absolute atomic E-state index is 0. The van der Waals surface area contributed by atoms with Gasteiger partial charge in [-0.2, -0.15) is 0 Å². The standard InChI is InChI=1S/C60H56N3O.Pt/c1-37(2)45-34-53(40(7)8)59(64)54(35-45)60-62-58-52(23-16-24-56(58)63(60)49-27-25-43(26-28-49)57-50(38(3)4)21-15-22-51(57)39(5)6)47-31-46(42-19-13-10-14-20-42)32-48(33-47)55-36-44(29-30-61-55)41-17-11-9-12-18-41;/h9-32,34-40,64H,1-8H3;/q-1;/i37D,38D,39D,40D;. The van der Waals surface area contributed by atoms with Gasteiger partial charge in [0.25, 0.3) is 0 Å². The summed E-state index contributed by atoms with van der Waals surface area (Å²) in [6.07, 6.45) is 1.84. The molecule has 0 fully saturated rings. The van der Waals surface area contributed by atoms with E-state index in [2.05, 4.69) is 54.6 Å². The van der Waals surface area contributed by atoms with Crippen LogP contribution >= 0.6 is 0 Å². The zero-order valence-corrected chi connectivity index (χ0v) is 40.5. The summed E-state index contributed by atoms with van der Waals surface area (Å²) in [6, 6.07) is 56.4. The van der Waals surface area contributed by atoms with Crippen LogP contribution in [0.1, 0.15) is 107 Å². The van der Waals surface area contributed by atoms with Crippen molar-refractivity contribution in [2.45, 2.75) is 79.0 Å². The molecule has 7 aromatic carbocycles. The summed E-state index contributed by atoms with van der Waals surface area (Å²) in [7, 11) is 0. The summed E-state index contributed by atoms with van der Waals surface area (Å²) < 4.78 is 38.5. The SMILES string of the molecule is [2H]C(C)(C)c1cc(-c2nc3c(-c4[c-]c(-c5cc(-c6ccccc6)ccn5)cc(-c5ccccc5)c4)cccc3n2-c2ccc(-c3c(C([2H])(C)C)cccc3C([2H])(C)C)cc2)c(O)c(C([2H])(C)C)c1.[Pt]. The van der Waals surface area contributed by atoms with Crippen LogP contribution in [0.4, 0.5) is 0 Å². The number of para-hydroxylation sites is 1. The van der Waals surface area contributed by atoms with Gasteiger partial charge in [0.05, 0.1) is 16.6 Å². The summed E-state index contributed by atoms with van der Waals surface area (Å²) >= 11 is 0. The van der Waals surface area contributed by atoms with Crippen molar-refractivity contribution in [3.8, 4) is 78.6 Å². The van der Waals surface area contributed by atoms with E-state index in [9.17, 15) is 5.11 Å². The molecule has 5 heteroatoms. The van der Waals surface area contributed by atoms with E-state index in [0.717, 1.165) is 78.1 Å². The Bertz CT molecular complexity index is 3290. The van der Waals surface area contributed by atoms with Crippen molar-refractivity contribution in [1.82, 2.24) is 14.5 Å². The van der Waals surface area contributed by atoms with Crippen molar-refractivity contribution < 1.29 is 31.7 Å². The average molecular weight is 1030 g/mol. The van der Waals surface area contributed by atoms with E-state index < -0.39 is 23.6 Å². The topological polar surface area (TPSA) is 50.9 Å². The van der Waals surface area contributed by atoms with E-state index in [0.29, 0.717) is 28.0 Å². The minimum atomic E-state index is -1.19. The Morgan fingerprint density at radius 2 is 1.12 bits per heavy atom. The summed E-state index contributed by atoms with van der Waals surface area (Å²) in [5.74, 6) is -3.71. The van der Waals surface area contributed by atoms with Gasteiger partial charge in [-0.05, 0) is 104 Å². The van der Waals surface area contributed by atoms with Crippen LogP contribution in [-0.2, 0) is 21.1 Å². The molecule has 9 aromatic rings. The van der Waals surface area contributed by atoms with Gasteiger partial charge in [-0.15, -0.1) is 23.8 Å². The first-order valence-electron chi connectivity index (χ1n) is 24.0. The molecule has 0 saturated heterocycles. The van der Waals surface area contributed by atoms with Gasteiger partial charge in [-0.3, -0.25) is 9.55 Å². The third-order valence-corrected chi connectivity index (χ3v) is 12.1. The Morgan fingerprint density at radius 1 is 0.523 bits per heavy atom. The second-order valence-electron chi connectivity index (χ2n) is 17.5. The summed E-state index contributed by atoms with van der Waals surface area (Å²) in [5.41, 5.74) is 14.5. The zero-order chi connectivity index (χ0) is 48.3. The van der Waals surface area contributed by atoms with Gasteiger partial charge in [-0.25, -0.2) is 4.98 Å². The fourth-order valence-electron chi connectivity index (χ4n) is 8.75. The fraction of sp³-hybridized carbons (Fsp3) is 0.200. The maximum atomic E-state index is 12.3. The number of nitrogens with zero attached hydrogens (tertiary/aromatic N) is 3. The van der Waals surface area contributed by atoms with Gasteiger partial charge in [0, 0.05) is 44.1 Å². The molecule has 4 nitrogen and oxygen atoms in total. The van der Waals surface area contributed by atoms with Crippen LogP contribution in [0.25, 0.3) is 83.9 Å². The van der Waals surface area contributed by atoms with Gasteiger partial charge in [0.1, 0.15) is 11.6 Å². The smallest absolute Gasteiger partial charge is 0.148 e. The number of rotatable bonds is 11. The van der Waals surface area contributed by atoms with Crippen LogP contribution in [-0.4, -0.2) is 19.6 Å². The summed E-state index contributed by atoms with van der Waals surface area (Å²) in [4.78, 5) is 10.3. The molecular weight excluding hydrogens is 974 g/mol. The number of hydrogen-bond acceptors (Lipinski definition) is 3. The van der Waals surface area contributed by atoms with Crippen molar-refractivity contribution in [2.24, 2.45) is 0 Å². The number of aromatic nitrogens is 3. The van der Waals surface area contributed by atoms with Gasteiger partial charge in [0.2, 0.25) is 0 Å². The molecule has 0 radical (unpaired) electrons. The third-order valence-electron chi connectivity index (χ3n) is 12.1. The first-order valence-corrected chi connectivity index (χ1v) is 22.0. The molecule has 0 bridgehead atoms. The fourth-order valence-corrected chi connectivity index (χ4v) is 8.75. The molecule has 2 aromatic heterocycles. The van der Waals surface area contributed by atoms with E-state index in [-0.39, 0.29) is 26.8 Å². The molecule has 65 heavy (non-hydrogen) atoms. The van der Waals surface area contributed by atoms with E-state index in [1.54, 1.807) is 19.9 Å². The molecule has 0 saturated carbocycles. The van der Waals surface area contributed by atoms with Crippen LogP contribution in [0.15, 0.2) is 164 Å². The summed E-state index contributed by atoms with van der Waals surface area (Å²) in [5, 5.41) is 12.3. The number of hydrogen-bond donors (Lipinski definition) is 1. The molecule has 1 N–H and O–H groups in total. The maximum Gasteiger partial charge on any atom is 0.148 e. The predicted octanol–water partition coefficient (Wildman–Crippen LogP) is 16.4. The molecule has 0 aliphatic carbocycles. The first kappa shape index (κ1) is 40.2. The van der Waals surface area contributed by atoms with E-state index in [4.69, 9.17) is 15.5 Å². The van der Waals surface area contributed by atoms with Crippen LogP contribution in [0, 0.1) is 6.07 Å². The number of phenolic OH excluding ortho intramolecular Hbond substituents is 1. The molecule has 9 rings (SSSR count). The van der Waals surface area contributed by atoms with Gasteiger partial charge in [0.15, 0.2) is 0 Å². The van der Waals surface area contributed by atoms with Crippen molar-refractivity contribution >= 4 is 11.0 Å². The second kappa shape index (κ2) is 19.0. The number of aromatic hydroxyl groups is 1. The Morgan fingerprint density at radius 3 is 1.74 bits per heavy atom. The molecule has 0 aliphatic rings. The number of pyridine rings is 1. The maximum absolute atomic E-state index is 12.3. The van der Waals surface area contributed by atoms with E-state index >= 15 is 0 Å². The molecular formula is C60H56N3OPt-. The first-order chi connectivity index (χ1) is 32.2. The minimum Gasteiger partial charge on any atom is -0.507 e. The average Bonchev–Trinajstić information content (AvgIpc) is 3.70. The van der Waals surface area contributed by atoms with Crippen molar-refractivity contribution in [3.05, 3.63) is 192 Å².